The van der Waals surface area contributed by atoms with Gasteiger partial charge >= 0.3 is 0 Å². The summed E-state index contributed by atoms with van der Waals surface area (Å²) in [6.07, 6.45) is 0. The Morgan fingerprint density at radius 1 is 0.432 bits per heavy atom. The van der Waals surface area contributed by atoms with Crippen LogP contribution in [0.2, 0.25) is 0 Å². The van der Waals surface area contributed by atoms with Gasteiger partial charge in [0.05, 0.1) is 22.7 Å². The van der Waals surface area contributed by atoms with E-state index in [1.165, 1.54) is 73.0 Å². The largest absolute Gasteiger partial charge is 0.317 e. The van der Waals surface area contributed by atoms with Gasteiger partial charge in [0.15, 0.2) is 0 Å². The van der Waals surface area contributed by atoms with Crippen molar-refractivity contribution in [3.8, 4) is 0 Å². The minimum absolute atomic E-state index is 0.0940. The van der Waals surface area contributed by atoms with Crippen LogP contribution in [0, 0.1) is 0 Å². The van der Waals surface area contributed by atoms with Gasteiger partial charge in [-0.25, -0.2) is 0 Å². The molecule has 5 aromatic carbocycles. The molecule has 4 nitrogen and oxygen atoms in total. The molecule has 5 aromatic rings. The number of fused-ring (bicyclic) bond motifs is 6. The van der Waals surface area contributed by atoms with E-state index in [9.17, 15) is 0 Å². The van der Waals surface area contributed by atoms with Crippen molar-refractivity contribution in [2.45, 2.75) is 58.3 Å². The van der Waals surface area contributed by atoms with Crippen LogP contribution in [0.4, 0.5) is 45.5 Å². The molecule has 10 rings (SSSR count). The van der Waals surface area contributed by atoms with E-state index in [0.717, 1.165) is 0 Å². The molecule has 0 fully saturated rings. The SMILES string of the molecule is CC1(C)c2ccccc2N2c3c1ccc1c3N(c3cccc4c3B1c1cccc3c1N4C(C)(C)N3c1ccccc1)C2(C)C. The third kappa shape index (κ3) is 2.54. The first-order valence-electron chi connectivity index (χ1n) is 15.9. The number of rotatable bonds is 1. The van der Waals surface area contributed by atoms with Crippen LogP contribution in [0.15, 0.2) is 103 Å². The first-order valence-corrected chi connectivity index (χ1v) is 15.9. The molecule has 0 radical (unpaired) electrons. The molecular formula is C39H35BN4. The predicted molar refractivity (Wildman–Crippen MR) is 186 cm³/mol. The van der Waals surface area contributed by atoms with Crippen LogP contribution in [0.3, 0.4) is 0 Å². The van der Waals surface area contributed by atoms with Crippen LogP contribution in [-0.2, 0) is 5.41 Å². The Labute approximate surface area is 260 Å². The highest BCUT2D eigenvalue weighted by Crippen LogP contribution is 2.62. The average Bonchev–Trinajstić information content (AvgIpc) is 3.41. The molecule has 0 saturated carbocycles. The number of hydrogen-bond acceptors (Lipinski definition) is 4. The van der Waals surface area contributed by atoms with Crippen LogP contribution in [0.1, 0.15) is 52.7 Å². The molecule has 0 bridgehead atoms. The predicted octanol–water partition coefficient (Wildman–Crippen LogP) is 7.52. The second kappa shape index (κ2) is 7.53. The van der Waals surface area contributed by atoms with Gasteiger partial charge in [-0.1, -0.05) is 80.6 Å². The van der Waals surface area contributed by atoms with Gasteiger partial charge < -0.3 is 19.6 Å². The molecule has 0 unspecified atom stereocenters. The molecule has 0 aliphatic carbocycles. The van der Waals surface area contributed by atoms with Gasteiger partial charge in [-0.3, -0.25) is 0 Å². The molecular weight excluding hydrogens is 535 g/mol. The van der Waals surface area contributed by atoms with Crippen molar-refractivity contribution in [2.24, 2.45) is 0 Å². The van der Waals surface area contributed by atoms with E-state index < -0.39 is 0 Å². The molecule has 44 heavy (non-hydrogen) atoms. The number of benzene rings is 5. The Balaban J connectivity index is 1.31. The average molecular weight is 571 g/mol. The molecule has 0 amide bonds. The molecule has 5 heterocycles. The molecule has 5 aliphatic rings. The van der Waals surface area contributed by atoms with E-state index in [0.29, 0.717) is 0 Å². The van der Waals surface area contributed by atoms with E-state index in [-0.39, 0.29) is 23.5 Å². The highest BCUT2D eigenvalue weighted by Gasteiger charge is 2.58. The maximum absolute atomic E-state index is 2.67. The first kappa shape index (κ1) is 24.8. The smallest absolute Gasteiger partial charge is 0.252 e. The van der Waals surface area contributed by atoms with Crippen molar-refractivity contribution in [2.75, 3.05) is 19.6 Å². The summed E-state index contributed by atoms with van der Waals surface area (Å²) < 4.78 is 0. The Kier molecular flexibility index (Phi) is 4.24. The maximum atomic E-state index is 2.67. The number of nitrogens with zero attached hydrogens (tertiary/aromatic N) is 4. The molecule has 214 valence electrons. The molecule has 0 spiro atoms. The quantitative estimate of drug-likeness (QED) is 0.193. The fraction of sp³-hybridized carbons (Fsp3) is 0.231. The van der Waals surface area contributed by atoms with Gasteiger partial charge in [-0.2, -0.15) is 0 Å². The zero-order valence-electron chi connectivity index (χ0n) is 26.2. The van der Waals surface area contributed by atoms with Crippen molar-refractivity contribution in [1.29, 1.82) is 0 Å². The van der Waals surface area contributed by atoms with Crippen molar-refractivity contribution in [3.05, 3.63) is 114 Å². The van der Waals surface area contributed by atoms with Gasteiger partial charge in [-0.05, 0) is 91.6 Å². The van der Waals surface area contributed by atoms with Crippen LogP contribution in [0.25, 0.3) is 0 Å². The van der Waals surface area contributed by atoms with Gasteiger partial charge in [0, 0.05) is 28.2 Å². The summed E-state index contributed by atoms with van der Waals surface area (Å²) in [6, 6.07) is 38.8. The molecule has 0 atom stereocenters. The Bertz CT molecular complexity index is 2100. The fourth-order valence-electron chi connectivity index (χ4n) is 9.64. The molecule has 5 aliphatic heterocycles. The number of anilines is 8. The minimum Gasteiger partial charge on any atom is -0.317 e. The van der Waals surface area contributed by atoms with Crippen molar-refractivity contribution in [3.63, 3.8) is 0 Å². The normalized spacial score (nSPS) is 19.5. The number of hydrogen-bond donors (Lipinski definition) is 0. The standard InChI is InChI=1S/C39H35BN4/c1-37(2)25-16-10-11-18-29(25)42-34-26(37)22-23-28-36(34)44(39(42,5)6)31-20-13-19-30-33(31)40(28)27-17-12-21-32-35(27)43(30)38(3,4)41(32)24-14-8-7-9-15-24/h7-23H,1-6H3. The third-order valence-corrected chi connectivity index (χ3v) is 11.3. The molecule has 0 N–H and O–H groups in total. The van der Waals surface area contributed by atoms with Crippen molar-refractivity contribution >= 4 is 68.6 Å². The van der Waals surface area contributed by atoms with Crippen LogP contribution < -0.4 is 36.0 Å². The second-order valence-electron chi connectivity index (χ2n) is 14.6. The zero-order chi connectivity index (χ0) is 29.9. The van der Waals surface area contributed by atoms with Gasteiger partial charge in [0.25, 0.3) is 6.71 Å². The fourth-order valence-corrected chi connectivity index (χ4v) is 9.64. The Morgan fingerprint density at radius 3 is 1.77 bits per heavy atom. The van der Waals surface area contributed by atoms with Gasteiger partial charge in [0.2, 0.25) is 0 Å². The monoisotopic (exact) mass is 570 g/mol. The lowest BCUT2D eigenvalue weighted by Gasteiger charge is -2.49. The van der Waals surface area contributed by atoms with Crippen molar-refractivity contribution in [1.82, 2.24) is 0 Å². The summed E-state index contributed by atoms with van der Waals surface area (Å²) >= 11 is 0. The lowest BCUT2D eigenvalue weighted by atomic mass is 9.33. The van der Waals surface area contributed by atoms with E-state index >= 15 is 0 Å². The molecule has 0 aromatic heterocycles. The Hall–Kier alpha value is -4.64. The summed E-state index contributed by atoms with van der Waals surface area (Å²) in [5, 5.41) is 0. The molecule has 5 heteroatoms. The summed E-state index contributed by atoms with van der Waals surface area (Å²) in [4.78, 5) is 10.5. The van der Waals surface area contributed by atoms with E-state index in [1.54, 1.807) is 0 Å². The maximum Gasteiger partial charge on any atom is 0.252 e. The molecule has 0 saturated heterocycles. The topological polar surface area (TPSA) is 13.0 Å². The highest BCUT2D eigenvalue weighted by molar-refractivity contribution is 7.00. The minimum atomic E-state index is -0.298. The second-order valence-corrected chi connectivity index (χ2v) is 14.6. The summed E-state index contributed by atoms with van der Waals surface area (Å²) in [7, 11) is 0. The third-order valence-electron chi connectivity index (χ3n) is 11.3. The Morgan fingerprint density at radius 2 is 1.00 bits per heavy atom. The van der Waals surface area contributed by atoms with E-state index in [2.05, 4.69) is 164 Å². The van der Waals surface area contributed by atoms with E-state index in [1.807, 2.05) is 0 Å². The first-order chi connectivity index (χ1) is 21.1. The summed E-state index contributed by atoms with van der Waals surface area (Å²) in [5.41, 5.74) is 16.9. The lowest BCUT2D eigenvalue weighted by molar-refractivity contribution is 0.522. The summed E-state index contributed by atoms with van der Waals surface area (Å²) in [5.74, 6) is 0. The zero-order valence-corrected chi connectivity index (χ0v) is 26.2. The lowest BCUT2D eigenvalue weighted by Crippen LogP contribution is -2.65. The van der Waals surface area contributed by atoms with Crippen LogP contribution >= 0.6 is 0 Å². The van der Waals surface area contributed by atoms with Gasteiger partial charge in [-0.15, -0.1) is 0 Å². The highest BCUT2D eigenvalue weighted by atomic mass is 15.5. The van der Waals surface area contributed by atoms with Crippen LogP contribution in [0.5, 0.6) is 0 Å². The summed E-state index contributed by atoms with van der Waals surface area (Å²) in [6.45, 7) is 14.5. The van der Waals surface area contributed by atoms with Crippen molar-refractivity contribution < 1.29 is 0 Å². The van der Waals surface area contributed by atoms with Gasteiger partial charge in [0.1, 0.15) is 11.3 Å². The van der Waals surface area contributed by atoms with E-state index in [4.69, 9.17) is 0 Å². The number of para-hydroxylation sites is 3. The van der Waals surface area contributed by atoms with Crippen LogP contribution in [-0.4, -0.2) is 18.0 Å².